The summed E-state index contributed by atoms with van der Waals surface area (Å²) in [6.07, 6.45) is 1.55. The van der Waals surface area contributed by atoms with E-state index in [1.807, 2.05) is 0 Å². The Morgan fingerprint density at radius 2 is 1.97 bits per heavy atom. The molecule has 2 aromatic carbocycles. The van der Waals surface area contributed by atoms with Crippen molar-refractivity contribution in [3.63, 3.8) is 0 Å². The van der Waals surface area contributed by atoms with Gasteiger partial charge in [0.1, 0.15) is 5.75 Å². The predicted octanol–water partition coefficient (Wildman–Crippen LogP) is 4.15. The number of ketones is 1. The third-order valence-corrected chi connectivity index (χ3v) is 5.39. The van der Waals surface area contributed by atoms with Crippen molar-refractivity contribution in [3.8, 4) is 5.75 Å². The smallest absolute Gasteiger partial charge is 0.306 e. The number of carbonyl (C=O) groups is 3. The topological polar surface area (TPSA) is 83.9 Å². The number of rotatable bonds is 7. The van der Waals surface area contributed by atoms with Crippen molar-refractivity contribution in [3.05, 3.63) is 64.6 Å². The van der Waals surface area contributed by atoms with Crippen LogP contribution in [0, 0.1) is 0 Å². The molecule has 6 nitrogen and oxygen atoms in total. The van der Waals surface area contributed by atoms with Crippen molar-refractivity contribution in [1.82, 2.24) is 0 Å². The Balaban J connectivity index is 1.86. The Morgan fingerprint density at radius 3 is 2.69 bits per heavy atom. The van der Waals surface area contributed by atoms with Gasteiger partial charge >= 0.3 is 5.97 Å². The van der Waals surface area contributed by atoms with Gasteiger partial charge in [-0.05, 0) is 31.2 Å². The summed E-state index contributed by atoms with van der Waals surface area (Å²) in [5, 5.41) is 8.76. The summed E-state index contributed by atoms with van der Waals surface area (Å²) < 4.78 is 5.91. The zero-order valence-electron chi connectivity index (χ0n) is 15.5. The Kier molecular flexibility index (Phi) is 6.46. The van der Waals surface area contributed by atoms with Crippen LogP contribution in [0.2, 0.25) is 0 Å². The third-order valence-electron chi connectivity index (χ3n) is 4.08. The van der Waals surface area contributed by atoms with Crippen LogP contribution >= 0.6 is 24.0 Å². The first-order chi connectivity index (χ1) is 13.9. The second-order valence-corrected chi connectivity index (χ2v) is 7.83. The summed E-state index contributed by atoms with van der Waals surface area (Å²) in [6.45, 7) is 1.49. The van der Waals surface area contributed by atoms with E-state index < -0.39 is 5.97 Å². The average molecular weight is 428 g/mol. The maximum Gasteiger partial charge on any atom is 0.306 e. The van der Waals surface area contributed by atoms with Gasteiger partial charge in [0.05, 0.1) is 23.6 Å². The van der Waals surface area contributed by atoms with E-state index in [1.54, 1.807) is 54.6 Å². The average Bonchev–Trinajstić information content (AvgIpc) is 2.96. The Labute approximate surface area is 177 Å². The number of hydrogen-bond donors (Lipinski definition) is 1. The molecule has 148 valence electrons. The van der Waals surface area contributed by atoms with Gasteiger partial charge < -0.3 is 9.84 Å². The molecule has 1 aliphatic heterocycles. The minimum Gasteiger partial charge on any atom is -0.492 e. The molecule has 1 N–H and O–H groups in total. The van der Waals surface area contributed by atoms with Gasteiger partial charge in [-0.25, -0.2) is 0 Å². The van der Waals surface area contributed by atoms with Gasteiger partial charge in [0.25, 0.3) is 5.91 Å². The second-order valence-electron chi connectivity index (χ2n) is 6.15. The molecule has 1 saturated heterocycles. The van der Waals surface area contributed by atoms with Gasteiger partial charge in [-0.2, -0.15) is 0 Å². The number of para-hydroxylation sites is 1. The number of thioether (sulfide) groups is 1. The molecule has 0 spiro atoms. The van der Waals surface area contributed by atoms with Crippen LogP contribution in [0.5, 0.6) is 5.75 Å². The number of nitrogens with zero attached hydrogens (tertiary/aromatic N) is 1. The zero-order valence-corrected chi connectivity index (χ0v) is 17.1. The summed E-state index contributed by atoms with van der Waals surface area (Å²) in [5.74, 6) is -0.852. The number of benzene rings is 2. The van der Waals surface area contributed by atoms with Crippen molar-refractivity contribution in [2.24, 2.45) is 0 Å². The lowest BCUT2D eigenvalue weighted by atomic mass is 10.1. The number of carbonyl (C=O) groups excluding carboxylic acids is 2. The molecule has 0 aromatic heterocycles. The molecule has 8 heteroatoms. The van der Waals surface area contributed by atoms with E-state index in [0.717, 1.165) is 11.8 Å². The monoisotopic (exact) mass is 427 g/mol. The Hall–Kier alpha value is -2.97. The van der Waals surface area contributed by atoms with Crippen LogP contribution in [-0.2, 0) is 9.59 Å². The van der Waals surface area contributed by atoms with Gasteiger partial charge in [0.15, 0.2) is 10.1 Å². The molecule has 0 bridgehead atoms. The van der Waals surface area contributed by atoms with Crippen LogP contribution in [0.15, 0.2) is 53.4 Å². The lowest BCUT2D eigenvalue weighted by Gasteiger charge is -2.15. The molecule has 3 rings (SSSR count). The summed E-state index contributed by atoms with van der Waals surface area (Å²) in [4.78, 5) is 37.1. The van der Waals surface area contributed by atoms with Crippen molar-refractivity contribution >= 4 is 57.7 Å². The van der Waals surface area contributed by atoms with Gasteiger partial charge in [0.2, 0.25) is 0 Å². The molecule has 0 atom stereocenters. The van der Waals surface area contributed by atoms with Gasteiger partial charge in [-0.1, -0.05) is 54.3 Å². The summed E-state index contributed by atoms with van der Waals surface area (Å²) in [7, 11) is 0. The second kappa shape index (κ2) is 9.02. The van der Waals surface area contributed by atoms with Crippen LogP contribution in [0.1, 0.15) is 29.3 Å². The SMILES string of the molecule is CC(=O)c1cccc(N2C(=O)/C(=C\c3ccccc3OCCC(=O)O)SC2=S)c1. The fourth-order valence-corrected chi connectivity index (χ4v) is 3.96. The van der Waals surface area contributed by atoms with E-state index in [2.05, 4.69) is 0 Å². The highest BCUT2D eigenvalue weighted by molar-refractivity contribution is 8.27. The predicted molar refractivity (Wildman–Crippen MR) is 116 cm³/mol. The molecule has 1 aliphatic rings. The molecular weight excluding hydrogens is 410 g/mol. The molecule has 0 aliphatic carbocycles. The van der Waals surface area contributed by atoms with E-state index in [9.17, 15) is 14.4 Å². The molecule has 0 radical (unpaired) electrons. The van der Waals surface area contributed by atoms with E-state index in [0.29, 0.717) is 31.8 Å². The quantitative estimate of drug-likeness (QED) is 0.404. The Bertz CT molecular complexity index is 1030. The van der Waals surface area contributed by atoms with Gasteiger partial charge in [-0.15, -0.1) is 0 Å². The lowest BCUT2D eigenvalue weighted by Crippen LogP contribution is -2.27. The minimum atomic E-state index is -0.948. The van der Waals surface area contributed by atoms with Crippen LogP contribution in [0.3, 0.4) is 0 Å². The highest BCUT2D eigenvalue weighted by Gasteiger charge is 2.33. The fraction of sp³-hybridized carbons (Fsp3) is 0.143. The van der Waals surface area contributed by atoms with Crippen LogP contribution < -0.4 is 9.64 Å². The molecule has 1 fully saturated rings. The highest BCUT2D eigenvalue weighted by atomic mass is 32.2. The number of carboxylic acid groups (broad SMARTS) is 1. The summed E-state index contributed by atoms with van der Waals surface area (Å²) >= 11 is 6.54. The molecule has 1 amide bonds. The molecular formula is C21H17NO5S2. The molecule has 0 unspecified atom stereocenters. The molecule has 2 aromatic rings. The van der Waals surface area contributed by atoms with Crippen LogP contribution in [0.4, 0.5) is 5.69 Å². The summed E-state index contributed by atoms with van der Waals surface area (Å²) in [5.41, 5.74) is 1.68. The van der Waals surface area contributed by atoms with Crippen molar-refractivity contribution < 1.29 is 24.2 Å². The van der Waals surface area contributed by atoms with Crippen molar-refractivity contribution in [2.45, 2.75) is 13.3 Å². The zero-order chi connectivity index (χ0) is 21.0. The van der Waals surface area contributed by atoms with Crippen LogP contribution in [0.25, 0.3) is 6.08 Å². The van der Waals surface area contributed by atoms with Crippen molar-refractivity contribution in [1.29, 1.82) is 0 Å². The highest BCUT2D eigenvalue weighted by Crippen LogP contribution is 2.37. The maximum absolute atomic E-state index is 13.0. The van der Waals surface area contributed by atoms with Crippen molar-refractivity contribution in [2.75, 3.05) is 11.5 Å². The van der Waals surface area contributed by atoms with Gasteiger partial charge in [0, 0.05) is 11.1 Å². The number of thiocarbonyl (C=S) groups is 1. The number of Topliss-reactive ketones (excluding diaryl/α,β-unsaturated/α-hetero) is 1. The first-order valence-corrected chi connectivity index (χ1v) is 9.92. The Morgan fingerprint density at radius 1 is 1.21 bits per heavy atom. The third kappa shape index (κ3) is 4.90. The first kappa shape index (κ1) is 20.8. The standard InChI is InChI=1S/C21H17NO5S2/c1-13(23)14-6-4-7-16(11-14)22-20(26)18(29-21(22)28)12-15-5-2-3-8-17(15)27-10-9-19(24)25/h2-8,11-12H,9-10H2,1H3,(H,24,25)/b18-12+. The number of amides is 1. The number of ether oxygens (including phenoxy) is 1. The summed E-state index contributed by atoms with van der Waals surface area (Å²) in [6, 6.07) is 13.8. The van der Waals surface area contributed by atoms with E-state index in [-0.39, 0.29) is 24.7 Å². The fourth-order valence-electron chi connectivity index (χ4n) is 2.68. The number of anilines is 1. The normalized spacial score (nSPS) is 15.1. The van der Waals surface area contributed by atoms with Crippen LogP contribution in [-0.4, -0.2) is 33.7 Å². The molecule has 0 saturated carbocycles. The number of aliphatic carboxylic acids is 1. The first-order valence-electron chi connectivity index (χ1n) is 8.69. The molecule has 1 heterocycles. The molecule has 29 heavy (non-hydrogen) atoms. The maximum atomic E-state index is 13.0. The number of hydrogen-bond acceptors (Lipinski definition) is 6. The van der Waals surface area contributed by atoms with E-state index in [1.165, 1.54) is 11.8 Å². The minimum absolute atomic E-state index is 0.0268. The largest absolute Gasteiger partial charge is 0.492 e. The van der Waals surface area contributed by atoms with E-state index >= 15 is 0 Å². The van der Waals surface area contributed by atoms with E-state index in [4.69, 9.17) is 22.1 Å². The lowest BCUT2D eigenvalue weighted by molar-refractivity contribution is -0.137. The number of carboxylic acids is 1. The van der Waals surface area contributed by atoms with Gasteiger partial charge in [-0.3, -0.25) is 19.3 Å².